The summed E-state index contributed by atoms with van der Waals surface area (Å²) >= 11 is 0. The minimum absolute atomic E-state index is 0. The van der Waals surface area contributed by atoms with Crippen LogP contribution in [-0.4, -0.2) is 55.2 Å². The third-order valence-electron chi connectivity index (χ3n) is 0.333. The number of rotatable bonds is 2. The van der Waals surface area contributed by atoms with Gasteiger partial charge in [0.05, 0.1) is 11.9 Å². The van der Waals surface area contributed by atoms with Crippen LogP contribution in [0.2, 0.25) is 0 Å². The third kappa shape index (κ3) is 54.3. The fourth-order valence-corrected chi connectivity index (χ4v) is 0. The molecule has 0 atom stereocenters. The van der Waals surface area contributed by atoms with E-state index in [4.69, 9.17) is 19.8 Å². The molecule has 2 N–H and O–H groups in total. The molecule has 0 aromatic rings. The van der Waals surface area contributed by atoms with Gasteiger partial charge in [0, 0.05) is 0 Å². The molecule has 0 radical (unpaired) electrons. The predicted molar refractivity (Wildman–Crippen MR) is 39.8 cm³/mol. The predicted octanol–water partition coefficient (Wildman–Crippen LogP) is -3.36. The van der Waals surface area contributed by atoms with Crippen molar-refractivity contribution in [1.29, 1.82) is 0 Å². The SMILES string of the molecule is C=CC(=O)[O-].C=CC(=O)[O-].O.[Ca+2]. The van der Waals surface area contributed by atoms with Crippen molar-refractivity contribution in [2.24, 2.45) is 0 Å². The van der Waals surface area contributed by atoms with Crippen molar-refractivity contribution < 1.29 is 25.3 Å². The molecule has 0 aliphatic heterocycles. The monoisotopic (exact) mass is 200 g/mol. The molecule has 0 fully saturated rings. The number of hydrogen-bond acceptors (Lipinski definition) is 4. The maximum Gasteiger partial charge on any atom is 2.00 e. The molecular formula is C6H8CaO5. The molecule has 64 valence electrons. The van der Waals surface area contributed by atoms with E-state index in [2.05, 4.69) is 13.2 Å². The van der Waals surface area contributed by atoms with E-state index in [-0.39, 0.29) is 43.2 Å². The summed E-state index contributed by atoms with van der Waals surface area (Å²) in [5.74, 6) is -2.46. The Balaban J connectivity index is -0.0000000457. The topological polar surface area (TPSA) is 112 Å². The van der Waals surface area contributed by atoms with Gasteiger partial charge in [-0.05, 0) is 12.2 Å². The van der Waals surface area contributed by atoms with Gasteiger partial charge in [-0.2, -0.15) is 0 Å². The number of hydrogen-bond donors (Lipinski definition) is 0. The number of carboxylic acids is 2. The van der Waals surface area contributed by atoms with Gasteiger partial charge in [-0.15, -0.1) is 0 Å². The molecule has 0 amide bonds. The van der Waals surface area contributed by atoms with Crippen molar-refractivity contribution in [2.45, 2.75) is 0 Å². The second-order valence-electron chi connectivity index (χ2n) is 1.05. The summed E-state index contributed by atoms with van der Waals surface area (Å²) in [4.78, 5) is 18.3. The summed E-state index contributed by atoms with van der Waals surface area (Å²) in [7, 11) is 0. The van der Waals surface area contributed by atoms with Gasteiger partial charge in [-0.3, -0.25) is 0 Å². The van der Waals surface area contributed by atoms with Crippen LogP contribution in [0.1, 0.15) is 0 Å². The van der Waals surface area contributed by atoms with E-state index in [0.29, 0.717) is 0 Å². The second-order valence-corrected chi connectivity index (χ2v) is 1.05. The van der Waals surface area contributed by atoms with Crippen molar-refractivity contribution in [3.05, 3.63) is 25.3 Å². The Hall–Kier alpha value is -0.360. The molecule has 0 heterocycles. The van der Waals surface area contributed by atoms with Crippen molar-refractivity contribution >= 4 is 49.7 Å². The van der Waals surface area contributed by atoms with Gasteiger partial charge in [-0.1, -0.05) is 13.2 Å². The summed E-state index contributed by atoms with van der Waals surface area (Å²) < 4.78 is 0. The summed E-state index contributed by atoms with van der Waals surface area (Å²) in [6, 6.07) is 0. The van der Waals surface area contributed by atoms with Crippen LogP contribution in [0.5, 0.6) is 0 Å². The zero-order chi connectivity index (χ0) is 8.57. The Kier molecular flexibility index (Phi) is 31.9. The normalized spacial score (nSPS) is 5.33. The van der Waals surface area contributed by atoms with E-state index in [0.717, 1.165) is 12.2 Å². The van der Waals surface area contributed by atoms with Crippen LogP contribution in [-0.2, 0) is 9.59 Å². The Bertz CT molecular complexity index is 136. The van der Waals surface area contributed by atoms with E-state index in [1.54, 1.807) is 0 Å². The first kappa shape index (κ1) is 22.6. The molecule has 0 spiro atoms. The molecule has 0 aromatic carbocycles. The third-order valence-corrected chi connectivity index (χ3v) is 0.333. The van der Waals surface area contributed by atoms with Crippen LogP contribution in [0.4, 0.5) is 0 Å². The fourth-order valence-electron chi connectivity index (χ4n) is 0. The van der Waals surface area contributed by atoms with Gasteiger partial charge in [-0.25, -0.2) is 0 Å². The first-order valence-electron chi connectivity index (χ1n) is 2.21. The summed E-state index contributed by atoms with van der Waals surface area (Å²) in [5, 5.41) is 18.3. The van der Waals surface area contributed by atoms with Crippen molar-refractivity contribution in [1.82, 2.24) is 0 Å². The Morgan fingerprint density at radius 1 is 1.00 bits per heavy atom. The Labute approximate surface area is 99.7 Å². The molecule has 6 heteroatoms. The van der Waals surface area contributed by atoms with Gasteiger partial charge in [0.1, 0.15) is 0 Å². The number of carbonyl (C=O) groups excluding carboxylic acids is 2. The average Bonchev–Trinajstić information content (AvgIpc) is 1.89. The minimum atomic E-state index is -1.23. The standard InChI is InChI=1S/2C3H4O2.Ca.H2O/c2*1-2-3(4)5;;/h2*2H,1H2,(H,4,5);;1H2/q;;+2;/p-2. The van der Waals surface area contributed by atoms with Crippen LogP contribution < -0.4 is 10.2 Å². The molecule has 5 nitrogen and oxygen atoms in total. The molecule has 12 heavy (non-hydrogen) atoms. The summed E-state index contributed by atoms with van der Waals surface area (Å²) in [5.41, 5.74) is 0. The Morgan fingerprint density at radius 2 is 1.08 bits per heavy atom. The van der Waals surface area contributed by atoms with E-state index >= 15 is 0 Å². The van der Waals surface area contributed by atoms with Crippen LogP contribution >= 0.6 is 0 Å². The van der Waals surface area contributed by atoms with Gasteiger partial charge in [0.2, 0.25) is 0 Å². The van der Waals surface area contributed by atoms with Crippen LogP contribution in [0.15, 0.2) is 25.3 Å². The van der Waals surface area contributed by atoms with Gasteiger partial charge < -0.3 is 25.3 Å². The van der Waals surface area contributed by atoms with Crippen LogP contribution in [0.3, 0.4) is 0 Å². The largest absolute Gasteiger partial charge is 2.00 e. The van der Waals surface area contributed by atoms with Crippen molar-refractivity contribution in [3.63, 3.8) is 0 Å². The van der Waals surface area contributed by atoms with Gasteiger partial charge in [0.25, 0.3) is 0 Å². The Morgan fingerprint density at radius 3 is 1.08 bits per heavy atom. The quantitative estimate of drug-likeness (QED) is 0.342. The maximum atomic E-state index is 9.14. The van der Waals surface area contributed by atoms with E-state index in [1.807, 2.05) is 0 Å². The summed E-state index contributed by atoms with van der Waals surface area (Å²) in [6.45, 7) is 5.80. The van der Waals surface area contributed by atoms with Crippen LogP contribution in [0.25, 0.3) is 0 Å². The van der Waals surface area contributed by atoms with Crippen molar-refractivity contribution in [3.8, 4) is 0 Å². The molecule has 0 rings (SSSR count). The number of aliphatic carboxylic acids is 2. The minimum Gasteiger partial charge on any atom is -0.545 e. The van der Waals surface area contributed by atoms with Crippen LogP contribution in [0, 0.1) is 0 Å². The zero-order valence-corrected chi connectivity index (χ0v) is 8.62. The van der Waals surface area contributed by atoms with E-state index in [1.165, 1.54) is 0 Å². The zero-order valence-electron chi connectivity index (χ0n) is 6.41. The average molecular weight is 200 g/mol. The van der Waals surface area contributed by atoms with Crippen molar-refractivity contribution in [2.75, 3.05) is 0 Å². The number of carboxylic acid groups (broad SMARTS) is 2. The molecule has 0 aliphatic rings. The van der Waals surface area contributed by atoms with E-state index < -0.39 is 11.9 Å². The molecule has 0 aliphatic carbocycles. The maximum absolute atomic E-state index is 9.14. The van der Waals surface area contributed by atoms with E-state index in [9.17, 15) is 0 Å². The molecular weight excluding hydrogens is 192 g/mol. The molecule has 0 bridgehead atoms. The number of carbonyl (C=O) groups is 2. The van der Waals surface area contributed by atoms with Gasteiger partial charge >= 0.3 is 37.7 Å². The van der Waals surface area contributed by atoms with Gasteiger partial charge in [0.15, 0.2) is 0 Å². The first-order chi connectivity index (χ1) is 4.54. The summed E-state index contributed by atoms with van der Waals surface area (Å²) in [6.07, 6.45) is 1.44. The molecule has 0 unspecified atom stereocenters. The second kappa shape index (κ2) is 16.9. The smallest absolute Gasteiger partial charge is 0.545 e. The molecule has 0 saturated carbocycles. The first-order valence-corrected chi connectivity index (χ1v) is 2.21. The fraction of sp³-hybridized carbons (Fsp3) is 0. The molecule has 0 saturated heterocycles. The molecule has 0 aromatic heterocycles.